The Morgan fingerprint density at radius 2 is 2.00 bits per heavy atom. The molecule has 2 saturated heterocycles. The van der Waals surface area contributed by atoms with Gasteiger partial charge >= 0.3 is 0 Å². The van der Waals surface area contributed by atoms with Crippen LogP contribution in [-0.2, 0) is 4.79 Å². The first-order chi connectivity index (χ1) is 6.33. The SMILES string of the molecule is CCCC(=O)N1C2CCC1CNC2. The van der Waals surface area contributed by atoms with Crippen molar-refractivity contribution in [2.75, 3.05) is 13.1 Å². The first-order valence-corrected chi connectivity index (χ1v) is 5.34. The van der Waals surface area contributed by atoms with Gasteiger partial charge in [0.15, 0.2) is 0 Å². The van der Waals surface area contributed by atoms with Crippen LogP contribution in [-0.4, -0.2) is 36.0 Å². The molecular weight excluding hydrogens is 164 g/mol. The highest BCUT2D eigenvalue weighted by Gasteiger charge is 2.38. The van der Waals surface area contributed by atoms with E-state index >= 15 is 0 Å². The molecule has 1 N–H and O–H groups in total. The van der Waals surface area contributed by atoms with Crippen molar-refractivity contribution in [2.45, 2.75) is 44.7 Å². The van der Waals surface area contributed by atoms with Crippen molar-refractivity contribution < 1.29 is 4.79 Å². The van der Waals surface area contributed by atoms with E-state index in [-0.39, 0.29) is 0 Å². The van der Waals surface area contributed by atoms with Gasteiger partial charge in [0.2, 0.25) is 5.91 Å². The van der Waals surface area contributed by atoms with E-state index in [1.165, 1.54) is 12.8 Å². The number of piperazine rings is 1. The average molecular weight is 182 g/mol. The van der Waals surface area contributed by atoms with Gasteiger partial charge in [-0.2, -0.15) is 0 Å². The lowest BCUT2D eigenvalue weighted by Gasteiger charge is -2.35. The zero-order valence-electron chi connectivity index (χ0n) is 8.25. The molecule has 1 amide bonds. The largest absolute Gasteiger partial charge is 0.334 e. The lowest BCUT2D eigenvalue weighted by atomic mass is 10.2. The smallest absolute Gasteiger partial charge is 0.223 e. The molecule has 2 heterocycles. The number of hydrogen-bond acceptors (Lipinski definition) is 2. The molecule has 0 spiro atoms. The van der Waals surface area contributed by atoms with Crippen LogP contribution in [0.4, 0.5) is 0 Å². The number of nitrogens with zero attached hydrogens (tertiary/aromatic N) is 1. The third-order valence-electron chi connectivity index (χ3n) is 3.13. The fourth-order valence-corrected chi connectivity index (χ4v) is 2.53. The lowest BCUT2D eigenvalue weighted by Crippen LogP contribution is -2.54. The van der Waals surface area contributed by atoms with Crippen LogP contribution in [0.3, 0.4) is 0 Å². The molecule has 0 aromatic rings. The summed E-state index contributed by atoms with van der Waals surface area (Å²) < 4.78 is 0. The highest BCUT2D eigenvalue weighted by molar-refractivity contribution is 5.77. The van der Waals surface area contributed by atoms with Crippen LogP contribution in [0.1, 0.15) is 32.6 Å². The van der Waals surface area contributed by atoms with Gasteiger partial charge in [-0.05, 0) is 19.3 Å². The van der Waals surface area contributed by atoms with Crippen LogP contribution in [0.5, 0.6) is 0 Å². The fourth-order valence-electron chi connectivity index (χ4n) is 2.53. The summed E-state index contributed by atoms with van der Waals surface area (Å²) in [7, 11) is 0. The van der Waals surface area contributed by atoms with Crippen molar-refractivity contribution >= 4 is 5.91 Å². The molecule has 2 atom stereocenters. The van der Waals surface area contributed by atoms with Crippen molar-refractivity contribution in [1.29, 1.82) is 0 Å². The van der Waals surface area contributed by atoms with Gasteiger partial charge in [0, 0.05) is 31.6 Å². The Kier molecular flexibility index (Phi) is 2.54. The molecule has 0 aromatic heterocycles. The van der Waals surface area contributed by atoms with Gasteiger partial charge < -0.3 is 10.2 Å². The summed E-state index contributed by atoms with van der Waals surface area (Å²) in [6.45, 7) is 4.08. The standard InChI is InChI=1S/C10H18N2O/c1-2-3-10(13)12-8-4-5-9(12)7-11-6-8/h8-9,11H,2-7H2,1H3. The topological polar surface area (TPSA) is 32.3 Å². The van der Waals surface area contributed by atoms with Gasteiger partial charge in [-0.3, -0.25) is 4.79 Å². The lowest BCUT2D eigenvalue weighted by molar-refractivity contribution is -0.135. The predicted octanol–water partition coefficient (Wildman–Crippen LogP) is 0.749. The van der Waals surface area contributed by atoms with E-state index in [1.807, 2.05) is 0 Å². The summed E-state index contributed by atoms with van der Waals surface area (Å²) in [6, 6.07) is 0.996. The molecule has 2 unspecified atom stereocenters. The quantitative estimate of drug-likeness (QED) is 0.683. The van der Waals surface area contributed by atoms with Crippen LogP contribution < -0.4 is 5.32 Å². The first-order valence-electron chi connectivity index (χ1n) is 5.34. The molecule has 2 rings (SSSR count). The van der Waals surface area contributed by atoms with E-state index in [1.54, 1.807) is 0 Å². The fraction of sp³-hybridized carbons (Fsp3) is 0.900. The molecule has 3 nitrogen and oxygen atoms in total. The monoisotopic (exact) mass is 182 g/mol. The van der Waals surface area contributed by atoms with E-state index in [2.05, 4.69) is 17.1 Å². The molecule has 13 heavy (non-hydrogen) atoms. The van der Waals surface area contributed by atoms with Crippen molar-refractivity contribution in [2.24, 2.45) is 0 Å². The summed E-state index contributed by atoms with van der Waals surface area (Å²) in [5, 5.41) is 3.38. The van der Waals surface area contributed by atoms with Gasteiger partial charge in [-0.15, -0.1) is 0 Å². The van der Waals surface area contributed by atoms with Crippen LogP contribution in [0.15, 0.2) is 0 Å². The number of carbonyl (C=O) groups excluding carboxylic acids is 1. The molecule has 0 radical (unpaired) electrons. The molecule has 2 bridgehead atoms. The zero-order valence-corrected chi connectivity index (χ0v) is 8.25. The van der Waals surface area contributed by atoms with Crippen molar-refractivity contribution in [3.05, 3.63) is 0 Å². The maximum atomic E-state index is 11.8. The van der Waals surface area contributed by atoms with Crippen LogP contribution >= 0.6 is 0 Å². The molecule has 2 aliphatic heterocycles. The number of rotatable bonds is 2. The summed E-state index contributed by atoms with van der Waals surface area (Å²) in [5.74, 6) is 0.372. The normalized spacial score (nSPS) is 32.2. The summed E-state index contributed by atoms with van der Waals surface area (Å²) >= 11 is 0. The molecule has 2 aliphatic rings. The molecule has 74 valence electrons. The number of carbonyl (C=O) groups is 1. The van der Waals surface area contributed by atoms with E-state index in [4.69, 9.17) is 0 Å². The third-order valence-corrected chi connectivity index (χ3v) is 3.13. The summed E-state index contributed by atoms with van der Waals surface area (Å²) in [6.07, 6.45) is 4.11. The Balaban J connectivity index is 2.02. The van der Waals surface area contributed by atoms with Crippen molar-refractivity contribution in [1.82, 2.24) is 10.2 Å². The van der Waals surface area contributed by atoms with E-state index < -0.39 is 0 Å². The summed E-state index contributed by atoms with van der Waals surface area (Å²) in [5.41, 5.74) is 0. The minimum absolute atomic E-state index is 0.372. The van der Waals surface area contributed by atoms with Crippen LogP contribution in [0, 0.1) is 0 Å². The van der Waals surface area contributed by atoms with Gasteiger partial charge in [0.25, 0.3) is 0 Å². The second-order valence-electron chi connectivity index (χ2n) is 4.09. The number of hydrogen-bond donors (Lipinski definition) is 1. The Bertz CT molecular complexity index is 189. The average Bonchev–Trinajstić information content (AvgIpc) is 2.37. The Labute approximate surface area is 79.5 Å². The molecule has 2 fully saturated rings. The van der Waals surface area contributed by atoms with Gasteiger partial charge in [-0.25, -0.2) is 0 Å². The maximum absolute atomic E-state index is 11.8. The Morgan fingerprint density at radius 3 is 2.54 bits per heavy atom. The predicted molar refractivity (Wildman–Crippen MR) is 51.4 cm³/mol. The van der Waals surface area contributed by atoms with E-state index in [0.717, 1.165) is 25.9 Å². The first kappa shape index (κ1) is 9.00. The minimum atomic E-state index is 0.372. The van der Waals surface area contributed by atoms with Gasteiger partial charge in [0.1, 0.15) is 0 Å². The van der Waals surface area contributed by atoms with Crippen LogP contribution in [0.2, 0.25) is 0 Å². The summed E-state index contributed by atoms with van der Waals surface area (Å²) in [4.78, 5) is 13.9. The number of amides is 1. The van der Waals surface area contributed by atoms with Crippen LogP contribution in [0.25, 0.3) is 0 Å². The highest BCUT2D eigenvalue weighted by atomic mass is 16.2. The van der Waals surface area contributed by atoms with E-state index in [0.29, 0.717) is 18.0 Å². The second kappa shape index (κ2) is 3.66. The minimum Gasteiger partial charge on any atom is -0.334 e. The number of nitrogens with one attached hydrogen (secondary N) is 1. The highest BCUT2D eigenvalue weighted by Crippen LogP contribution is 2.27. The Hall–Kier alpha value is -0.570. The van der Waals surface area contributed by atoms with E-state index in [9.17, 15) is 4.79 Å². The van der Waals surface area contributed by atoms with Crippen molar-refractivity contribution in [3.8, 4) is 0 Å². The Morgan fingerprint density at radius 1 is 1.38 bits per heavy atom. The molecule has 0 aromatic carbocycles. The molecule has 0 saturated carbocycles. The van der Waals surface area contributed by atoms with Gasteiger partial charge in [0.05, 0.1) is 0 Å². The molecule has 3 heteroatoms. The second-order valence-corrected chi connectivity index (χ2v) is 4.09. The zero-order chi connectivity index (χ0) is 9.26. The van der Waals surface area contributed by atoms with Crippen molar-refractivity contribution in [3.63, 3.8) is 0 Å². The third kappa shape index (κ3) is 1.57. The molecular formula is C10H18N2O. The molecule has 0 aliphatic carbocycles. The maximum Gasteiger partial charge on any atom is 0.223 e. The number of fused-ring (bicyclic) bond motifs is 2. The van der Waals surface area contributed by atoms with Gasteiger partial charge in [-0.1, -0.05) is 6.92 Å².